The van der Waals surface area contributed by atoms with Crippen LogP contribution in [0.3, 0.4) is 0 Å². The van der Waals surface area contributed by atoms with Crippen LogP contribution in [0, 0.1) is 13.8 Å². The Morgan fingerprint density at radius 3 is 2.29 bits per heavy atom. The number of nitrogens with zero attached hydrogens (tertiary/aromatic N) is 2. The Hall–Kier alpha value is -1.81. The Balaban J connectivity index is 1.58. The lowest BCUT2D eigenvalue weighted by Crippen LogP contribution is -2.49. The van der Waals surface area contributed by atoms with E-state index in [2.05, 4.69) is 52.9 Å². The van der Waals surface area contributed by atoms with Gasteiger partial charge in [-0.2, -0.15) is 0 Å². The molecule has 3 rings (SSSR count). The van der Waals surface area contributed by atoms with Gasteiger partial charge in [-0.05, 0) is 43.2 Å². The van der Waals surface area contributed by atoms with Crippen molar-refractivity contribution in [3.63, 3.8) is 0 Å². The summed E-state index contributed by atoms with van der Waals surface area (Å²) in [4.78, 5) is 16.9. The van der Waals surface area contributed by atoms with Gasteiger partial charge in [0.15, 0.2) is 0 Å². The molecule has 0 saturated carbocycles. The largest absolute Gasteiger partial charge is 0.368 e. The third-order valence-electron chi connectivity index (χ3n) is 4.59. The first-order valence-corrected chi connectivity index (χ1v) is 9.16. The van der Waals surface area contributed by atoms with Crippen molar-refractivity contribution >= 4 is 27.5 Å². The number of piperazine rings is 1. The third kappa shape index (κ3) is 3.99. The Morgan fingerprint density at radius 1 is 1.00 bits per heavy atom. The van der Waals surface area contributed by atoms with Crippen molar-refractivity contribution in [3.05, 3.63) is 63.6 Å². The van der Waals surface area contributed by atoms with Crippen LogP contribution in [-0.2, 0) is 11.2 Å². The predicted octanol–water partition coefficient (Wildman–Crippen LogP) is 3.96. The second-order valence-electron chi connectivity index (χ2n) is 6.46. The molecule has 126 valence electrons. The lowest BCUT2D eigenvalue weighted by Gasteiger charge is -2.37. The van der Waals surface area contributed by atoms with Crippen molar-refractivity contribution in [3.8, 4) is 0 Å². The monoisotopic (exact) mass is 386 g/mol. The van der Waals surface area contributed by atoms with Crippen molar-refractivity contribution in [2.75, 3.05) is 31.1 Å². The maximum Gasteiger partial charge on any atom is 0.227 e. The van der Waals surface area contributed by atoms with Gasteiger partial charge < -0.3 is 9.80 Å². The molecule has 0 aromatic heterocycles. The summed E-state index contributed by atoms with van der Waals surface area (Å²) in [5.41, 5.74) is 4.96. The summed E-state index contributed by atoms with van der Waals surface area (Å²) in [6.07, 6.45) is 0.483. The fraction of sp³-hybridized carbons (Fsp3) is 0.350. The molecule has 4 heteroatoms. The van der Waals surface area contributed by atoms with E-state index in [-0.39, 0.29) is 5.91 Å². The van der Waals surface area contributed by atoms with E-state index < -0.39 is 0 Å². The van der Waals surface area contributed by atoms with Gasteiger partial charge in [-0.15, -0.1) is 0 Å². The number of anilines is 1. The van der Waals surface area contributed by atoms with E-state index in [9.17, 15) is 4.79 Å². The third-order valence-corrected chi connectivity index (χ3v) is 5.12. The summed E-state index contributed by atoms with van der Waals surface area (Å²) in [5, 5.41) is 0. The lowest BCUT2D eigenvalue weighted by atomic mass is 10.1. The maximum absolute atomic E-state index is 12.5. The number of benzene rings is 2. The fourth-order valence-corrected chi connectivity index (χ4v) is 3.51. The minimum Gasteiger partial charge on any atom is -0.368 e. The molecule has 0 spiro atoms. The van der Waals surface area contributed by atoms with Crippen LogP contribution in [-0.4, -0.2) is 37.0 Å². The topological polar surface area (TPSA) is 23.6 Å². The zero-order valence-corrected chi connectivity index (χ0v) is 15.8. The first kappa shape index (κ1) is 17.0. The molecule has 0 unspecified atom stereocenters. The van der Waals surface area contributed by atoms with Gasteiger partial charge in [0.1, 0.15) is 0 Å². The molecule has 1 aliphatic rings. The van der Waals surface area contributed by atoms with E-state index in [1.165, 1.54) is 16.8 Å². The molecule has 0 N–H and O–H groups in total. The number of carbonyl (C=O) groups is 1. The van der Waals surface area contributed by atoms with Crippen molar-refractivity contribution in [2.45, 2.75) is 20.3 Å². The predicted molar refractivity (Wildman–Crippen MR) is 103 cm³/mol. The van der Waals surface area contributed by atoms with Crippen LogP contribution in [0.5, 0.6) is 0 Å². The Labute approximate surface area is 152 Å². The molecule has 24 heavy (non-hydrogen) atoms. The number of aryl methyl sites for hydroxylation is 2. The fourth-order valence-electron chi connectivity index (χ4n) is 3.25. The molecular weight excluding hydrogens is 364 g/mol. The van der Waals surface area contributed by atoms with Crippen molar-refractivity contribution in [1.29, 1.82) is 0 Å². The molecule has 0 radical (unpaired) electrons. The van der Waals surface area contributed by atoms with Gasteiger partial charge in [0.25, 0.3) is 0 Å². The van der Waals surface area contributed by atoms with Gasteiger partial charge in [0, 0.05) is 36.3 Å². The van der Waals surface area contributed by atoms with Crippen molar-refractivity contribution in [1.82, 2.24) is 4.90 Å². The van der Waals surface area contributed by atoms with Gasteiger partial charge in [-0.25, -0.2) is 0 Å². The molecule has 0 aliphatic carbocycles. The molecular formula is C20H23BrN2O. The highest BCUT2D eigenvalue weighted by Gasteiger charge is 2.22. The minimum atomic E-state index is 0.220. The first-order chi connectivity index (χ1) is 11.5. The highest BCUT2D eigenvalue weighted by atomic mass is 79.9. The molecule has 2 aromatic carbocycles. The van der Waals surface area contributed by atoms with Gasteiger partial charge in [0.05, 0.1) is 6.42 Å². The standard InChI is InChI=1S/C20H23BrN2O/c1-15-3-8-19(16(2)13-15)22-9-11-23(12-10-22)20(24)14-17-4-6-18(21)7-5-17/h3-8,13H,9-12,14H2,1-2H3. The van der Waals surface area contributed by atoms with Crippen molar-refractivity contribution in [2.24, 2.45) is 0 Å². The number of amides is 1. The second-order valence-corrected chi connectivity index (χ2v) is 7.38. The molecule has 1 fully saturated rings. The van der Waals surface area contributed by atoms with Crippen LogP contribution in [0.1, 0.15) is 16.7 Å². The van der Waals surface area contributed by atoms with Crippen LogP contribution in [0.4, 0.5) is 5.69 Å². The summed E-state index contributed by atoms with van der Waals surface area (Å²) < 4.78 is 1.04. The van der Waals surface area contributed by atoms with E-state index in [1.54, 1.807) is 0 Å². The molecule has 0 atom stereocenters. The minimum absolute atomic E-state index is 0.220. The Bertz CT molecular complexity index is 719. The van der Waals surface area contributed by atoms with E-state index in [4.69, 9.17) is 0 Å². The van der Waals surface area contributed by atoms with Gasteiger partial charge in [-0.3, -0.25) is 4.79 Å². The van der Waals surface area contributed by atoms with Gasteiger partial charge in [0.2, 0.25) is 5.91 Å². The average molecular weight is 387 g/mol. The Morgan fingerprint density at radius 2 is 1.67 bits per heavy atom. The highest BCUT2D eigenvalue weighted by Crippen LogP contribution is 2.22. The molecule has 3 nitrogen and oxygen atoms in total. The summed E-state index contributed by atoms with van der Waals surface area (Å²) >= 11 is 3.43. The molecule has 0 bridgehead atoms. The second kappa shape index (κ2) is 7.39. The van der Waals surface area contributed by atoms with Crippen LogP contribution in [0.15, 0.2) is 46.9 Å². The molecule has 1 aliphatic heterocycles. The first-order valence-electron chi connectivity index (χ1n) is 8.37. The molecule has 2 aromatic rings. The molecule has 1 amide bonds. The van der Waals surface area contributed by atoms with Crippen LogP contribution in [0.2, 0.25) is 0 Å². The maximum atomic E-state index is 12.5. The van der Waals surface area contributed by atoms with Gasteiger partial charge >= 0.3 is 0 Å². The summed E-state index contributed by atoms with van der Waals surface area (Å²) in [7, 11) is 0. The van der Waals surface area contributed by atoms with E-state index in [0.717, 1.165) is 36.2 Å². The van der Waals surface area contributed by atoms with E-state index in [0.29, 0.717) is 6.42 Å². The van der Waals surface area contributed by atoms with E-state index >= 15 is 0 Å². The number of halogens is 1. The zero-order valence-electron chi connectivity index (χ0n) is 14.3. The number of hydrogen-bond donors (Lipinski definition) is 0. The Kier molecular flexibility index (Phi) is 5.24. The summed E-state index contributed by atoms with van der Waals surface area (Å²) in [6, 6.07) is 14.6. The van der Waals surface area contributed by atoms with Crippen LogP contribution < -0.4 is 4.90 Å². The van der Waals surface area contributed by atoms with Crippen LogP contribution >= 0.6 is 15.9 Å². The smallest absolute Gasteiger partial charge is 0.227 e. The van der Waals surface area contributed by atoms with Crippen molar-refractivity contribution < 1.29 is 4.79 Å². The van der Waals surface area contributed by atoms with Crippen LogP contribution in [0.25, 0.3) is 0 Å². The summed E-state index contributed by atoms with van der Waals surface area (Å²) in [5.74, 6) is 0.220. The average Bonchev–Trinajstić information content (AvgIpc) is 2.57. The zero-order chi connectivity index (χ0) is 17.1. The quantitative estimate of drug-likeness (QED) is 0.796. The molecule has 1 saturated heterocycles. The van der Waals surface area contributed by atoms with Gasteiger partial charge in [-0.1, -0.05) is 45.8 Å². The summed E-state index contributed by atoms with van der Waals surface area (Å²) in [6.45, 7) is 7.67. The number of carbonyl (C=O) groups excluding carboxylic acids is 1. The lowest BCUT2D eigenvalue weighted by molar-refractivity contribution is -0.130. The SMILES string of the molecule is Cc1ccc(N2CCN(C(=O)Cc3ccc(Br)cc3)CC2)c(C)c1. The molecule has 1 heterocycles. The number of hydrogen-bond acceptors (Lipinski definition) is 2. The number of rotatable bonds is 3. The highest BCUT2D eigenvalue weighted by molar-refractivity contribution is 9.10. The normalized spacial score (nSPS) is 14.8. The van der Waals surface area contributed by atoms with E-state index in [1.807, 2.05) is 29.2 Å².